The van der Waals surface area contributed by atoms with Crippen LogP contribution in [0.5, 0.6) is 0 Å². The standard InChI is InChI=1S/C11H18O4/c1-5-8-6-15-9(7-12-2)11(14-4)10(8)13-3/h5-6,9-11H,1,7H2,2-4H3/t9-,10-,11-/m1/s1. The van der Waals surface area contributed by atoms with Crippen molar-refractivity contribution < 1.29 is 18.9 Å². The molecule has 0 radical (unpaired) electrons. The minimum Gasteiger partial charge on any atom is -0.492 e. The van der Waals surface area contributed by atoms with E-state index in [9.17, 15) is 0 Å². The van der Waals surface area contributed by atoms with Crippen molar-refractivity contribution in [3.63, 3.8) is 0 Å². The molecule has 0 amide bonds. The lowest BCUT2D eigenvalue weighted by molar-refractivity contribution is -0.117. The lowest BCUT2D eigenvalue weighted by Gasteiger charge is -2.35. The molecule has 0 unspecified atom stereocenters. The van der Waals surface area contributed by atoms with Gasteiger partial charge in [0.15, 0.2) is 0 Å². The molecule has 1 aliphatic rings. The van der Waals surface area contributed by atoms with Gasteiger partial charge in [0.25, 0.3) is 0 Å². The van der Waals surface area contributed by atoms with Gasteiger partial charge in [-0.3, -0.25) is 0 Å². The van der Waals surface area contributed by atoms with Crippen LogP contribution in [-0.2, 0) is 18.9 Å². The summed E-state index contributed by atoms with van der Waals surface area (Å²) < 4.78 is 21.3. The largest absolute Gasteiger partial charge is 0.492 e. The van der Waals surface area contributed by atoms with Crippen molar-refractivity contribution in [2.24, 2.45) is 0 Å². The fourth-order valence-corrected chi connectivity index (χ4v) is 1.70. The van der Waals surface area contributed by atoms with E-state index in [-0.39, 0.29) is 18.3 Å². The summed E-state index contributed by atoms with van der Waals surface area (Å²) in [4.78, 5) is 0. The van der Waals surface area contributed by atoms with Gasteiger partial charge in [-0.2, -0.15) is 0 Å². The molecule has 4 heteroatoms. The molecule has 0 spiro atoms. The van der Waals surface area contributed by atoms with E-state index in [1.54, 1.807) is 33.7 Å². The van der Waals surface area contributed by atoms with Crippen LogP contribution in [0.15, 0.2) is 24.5 Å². The van der Waals surface area contributed by atoms with E-state index in [1.807, 2.05) is 0 Å². The van der Waals surface area contributed by atoms with Crippen molar-refractivity contribution in [2.75, 3.05) is 27.9 Å². The summed E-state index contributed by atoms with van der Waals surface area (Å²) in [5.41, 5.74) is 0.886. The van der Waals surface area contributed by atoms with Gasteiger partial charge < -0.3 is 18.9 Å². The second kappa shape index (κ2) is 5.90. The third kappa shape index (κ3) is 2.59. The maximum atomic E-state index is 5.49. The Morgan fingerprint density at radius 1 is 1.40 bits per heavy atom. The fraction of sp³-hybridized carbons (Fsp3) is 0.636. The number of ether oxygens (including phenoxy) is 4. The first-order valence-corrected chi connectivity index (χ1v) is 4.81. The monoisotopic (exact) mass is 214 g/mol. The molecule has 1 heterocycles. The average molecular weight is 214 g/mol. The summed E-state index contributed by atoms with van der Waals surface area (Å²) in [5, 5.41) is 0. The zero-order chi connectivity index (χ0) is 11.3. The molecule has 4 nitrogen and oxygen atoms in total. The van der Waals surface area contributed by atoms with Crippen molar-refractivity contribution in [3.8, 4) is 0 Å². The van der Waals surface area contributed by atoms with Crippen molar-refractivity contribution in [1.29, 1.82) is 0 Å². The van der Waals surface area contributed by atoms with Crippen LogP contribution in [0.25, 0.3) is 0 Å². The summed E-state index contributed by atoms with van der Waals surface area (Å²) >= 11 is 0. The summed E-state index contributed by atoms with van der Waals surface area (Å²) in [6.07, 6.45) is 2.90. The van der Waals surface area contributed by atoms with Crippen LogP contribution < -0.4 is 0 Å². The molecular weight excluding hydrogens is 196 g/mol. The SMILES string of the molecule is C=CC1=CO[C@H](COC)[C@@H](OC)[C@@H]1OC. The van der Waals surface area contributed by atoms with Crippen LogP contribution in [0, 0.1) is 0 Å². The summed E-state index contributed by atoms with van der Waals surface area (Å²) in [6, 6.07) is 0. The Morgan fingerprint density at radius 2 is 2.13 bits per heavy atom. The molecule has 1 aliphatic heterocycles. The van der Waals surface area contributed by atoms with E-state index in [0.29, 0.717) is 6.61 Å². The predicted octanol–water partition coefficient (Wildman–Crippen LogP) is 1.13. The number of hydrogen-bond acceptors (Lipinski definition) is 4. The first kappa shape index (κ1) is 12.2. The molecule has 0 aromatic heterocycles. The van der Waals surface area contributed by atoms with Gasteiger partial charge in [0.2, 0.25) is 0 Å². The third-order valence-corrected chi connectivity index (χ3v) is 2.47. The van der Waals surface area contributed by atoms with Crippen LogP contribution in [0.4, 0.5) is 0 Å². The van der Waals surface area contributed by atoms with Gasteiger partial charge in [-0.25, -0.2) is 0 Å². The van der Waals surface area contributed by atoms with Crippen LogP contribution in [0.2, 0.25) is 0 Å². The highest BCUT2D eigenvalue weighted by atomic mass is 16.6. The van der Waals surface area contributed by atoms with Gasteiger partial charge in [-0.15, -0.1) is 0 Å². The number of methoxy groups -OCH3 is 3. The first-order chi connectivity index (χ1) is 7.28. The van der Waals surface area contributed by atoms with E-state index >= 15 is 0 Å². The normalized spacial score (nSPS) is 30.6. The summed E-state index contributed by atoms with van der Waals surface area (Å²) in [7, 11) is 4.91. The van der Waals surface area contributed by atoms with Gasteiger partial charge in [-0.05, 0) is 0 Å². The first-order valence-electron chi connectivity index (χ1n) is 4.81. The molecule has 0 bridgehead atoms. The van der Waals surface area contributed by atoms with Gasteiger partial charge in [-0.1, -0.05) is 12.7 Å². The zero-order valence-electron chi connectivity index (χ0n) is 9.43. The molecule has 0 aromatic rings. The number of rotatable bonds is 5. The van der Waals surface area contributed by atoms with Crippen molar-refractivity contribution in [1.82, 2.24) is 0 Å². The Kier molecular flexibility index (Phi) is 4.81. The van der Waals surface area contributed by atoms with Crippen LogP contribution in [-0.4, -0.2) is 46.2 Å². The third-order valence-electron chi connectivity index (χ3n) is 2.47. The predicted molar refractivity (Wildman–Crippen MR) is 56.6 cm³/mol. The van der Waals surface area contributed by atoms with E-state index in [2.05, 4.69) is 6.58 Å². The van der Waals surface area contributed by atoms with E-state index in [4.69, 9.17) is 18.9 Å². The minimum absolute atomic E-state index is 0.145. The average Bonchev–Trinajstić information content (AvgIpc) is 2.28. The molecule has 1 rings (SSSR count). The summed E-state index contributed by atoms with van der Waals surface area (Å²) in [5.74, 6) is 0. The van der Waals surface area contributed by atoms with E-state index in [1.165, 1.54) is 0 Å². The molecule has 0 aromatic carbocycles. The molecule has 86 valence electrons. The van der Waals surface area contributed by atoms with Crippen LogP contribution >= 0.6 is 0 Å². The topological polar surface area (TPSA) is 36.9 Å². The maximum absolute atomic E-state index is 5.49. The lowest BCUT2D eigenvalue weighted by Crippen LogP contribution is -2.46. The van der Waals surface area contributed by atoms with Gasteiger partial charge in [0.1, 0.15) is 18.3 Å². The maximum Gasteiger partial charge on any atom is 0.150 e. The van der Waals surface area contributed by atoms with Crippen LogP contribution in [0.3, 0.4) is 0 Å². The van der Waals surface area contributed by atoms with Crippen molar-refractivity contribution >= 4 is 0 Å². The Hall–Kier alpha value is -0.840. The van der Waals surface area contributed by atoms with Gasteiger partial charge in [0.05, 0.1) is 12.9 Å². The quantitative estimate of drug-likeness (QED) is 0.687. The molecule has 0 fully saturated rings. The van der Waals surface area contributed by atoms with Crippen LogP contribution in [0.1, 0.15) is 0 Å². The molecular formula is C11H18O4. The second-order valence-corrected chi connectivity index (χ2v) is 3.31. The molecule has 0 saturated carbocycles. The fourth-order valence-electron chi connectivity index (χ4n) is 1.70. The Bertz CT molecular complexity index is 237. The zero-order valence-corrected chi connectivity index (χ0v) is 9.43. The Morgan fingerprint density at radius 3 is 2.60 bits per heavy atom. The molecule has 0 N–H and O–H groups in total. The Balaban J connectivity index is 2.82. The van der Waals surface area contributed by atoms with Crippen molar-refractivity contribution in [3.05, 3.63) is 24.5 Å². The smallest absolute Gasteiger partial charge is 0.150 e. The Labute approximate surface area is 90.5 Å². The minimum atomic E-state index is -0.173. The molecule has 3 atom stereocenters. The summed E-state index contributed by atoms with van der Waals surface area (Å²) in [6.45, 7) is 4.18. The molecule has 0 aliphatic carbocycles. The molecule has 15 heavy (non-hydrogen) atoms. The number of hydrogen-bond donors (Lipinski definition) is 0. The molecule has 0 saturated heterocycles. The van der Waals surface area contributed by atoms with E-state index in [0.717, 1.165) is 5.57 Å². The lowest BCUT2D eigenvalue weighted by atomic mass is 9.99. The van der Waals surface area contributed by atoms with Gasteiger partial charge in [0, 0.05) is 26.9 Å². The van der Waals surface area contributed by atoms with Gasteiger partial charge >= 0.3 is 0 Å². The highest BCUT2D eigenvalue weighted by Gasteiger charge is 2.36. The second-order valence-electron chi connectivity index (χ2n) is 3.31. The highest BCUT2D eigenvalue weighted by Crippen LogP contribution is 2.24. The van der Waals surface area contributed by atoms with E-state index < -0.39 is 0 Å². The highest BCUT2D eigenvalue weighted by molar-refractivity contribution is 5.23. The van der Waals surface area contributed by atoms with Crippen molar-refractivity contribution in [2.45, 2.75) is 18.3 Å².